The number of carbonyl (C=O) groups is 1. The fraction of sp³-hybridized carbons (Fsp3) is 0.462. The van der Waals surface area contributed by atoms with Gasteiger partial charge in [-0.3, -0.25) is 4.79 Å². The highest BCUT2D eigenvalue weighted by Gasteiger charge is 2.24. The Morgan fingerprint density at radius 1 is 1.38 bits per heavy atom. The van der Waals surface area contributed by atoms with Crippen molar-refractivity contribution in [2.75, 3.05) is 13.6 Å². The molecule has 16 heavy (non-hydrogen) atoms. The van der Waals surface area contributed by atoms with E-state index in [2.05, 4.69) is 0 Å². The van der Waals surface area contributed by atoms with E-state index < -0.39 is 0 Å². The van der Waals surface area contributed by atoms with E-state index in [0.717, 1.165) is 18.0 Å². The molecule has 0 aliphatic heterocycles. The molecule has 1 fully saturated rings. The SMILES string of the molecule is CN(CC1CC1)C(=O)Cc1ccc(Cl)cc1. The predicted octanol–water partition coefficient (Wildman–Crippen LogP) is 2.75. The quantitative estimate of drug-likeness (QED) is 0.789. The molecule has 2 rings (SSSR count). The van der Waals surface area contributed by atoms with Crippen molar-refractivity contribution >= 4 is 17.5 Å². The van der Waals surface area contributed by atoms with Gasteiger partial charge in [-0.25, -0.2) is 0 Å². The number of rotatable bonds is 4. The second-order valence-corrected chi connectivity index (χ2v) is 4.96. The molecule has 0 saturated heterocycles. The average Bonchev–Trinajstić information content (AvgIpc) is 3.05. The maximum absolute atomic E-state index is 11.9. The van der Waals surface area contributed by atoms with Crippen LogP contribution in [0.2, 0.25) is 5.02 Å². The lowest BCUT2D eigenvalue weighted by atomic mass is 10.1. The van der Waals surface area contributed by atoms with Gasteiger partial charge in [-0.2, -0.15) is 0 Å². The number of carbonyl (C=O) groups excluding carboxylic acids is 1. The van der Waals surface area contributed by atoms with Crippen LogP contribution in [0.1, 0.15) is 18.4 Å². The van der Waals surface area contributed by atoms with Gasteiger partial charge in [-0.1, -0.05) is 23.7 Å². The molecule has 0 bridgehead atoms. The van der Waals surface area contributed by atoms with E-state index in [0.29, 0.717) is 11.4 Å². The first-order chi connectivity index (χ1) is 7.65. The van der Waals surface area contributed by atoms with Crippen LogP contribution in [0, 0.1) is 5.92 Å². The van der Waals surface area contributed by atoms with Crippen molar-refractivity contribution in [1.82, 2.24) is 4.90 Å². The number of amides is 1. The van der Waals surface area contributed by atoms with Crippen molar-refractivity contribution in [2.24, 2.45) is 5.92 Å². The minimum absolute atomic E-state index is 0.189. The van der Waals surface area contributed by atoms with Crippen LogP contribution in [0.25, 0.3) is 0 Å². The molecule has 2 nitrogen and oxygen atoms in total. The smallest absolute Gasteiger partial charge is 0.226 e. The van der Waals surface area contributed by atoms with Crippen LogP contribution in [0.3, 0.4) is 0 Å². The van der Waals surface area contributed by atoms with E-state index in [1.807, 2.05) is 36.2 Å². The van der Waals surface area contributed by atoms with Gasteiger partial charge in [0.15, 0.2) is 0 Å². The molecule has 3 heteroatoms. The maximum Gasteiger partial charge on any atom is 0.226 e. The molecule has 86 valence electrons. The lowest BCUT2D eigenvalue weighted by Crippen LogP contribution is -2.30. The topological polar surface area (TPSA) is 20.3 Å². The number of likely N-dealkylation sites (N-methyl/N-ethyl adjacent to an activating group) is 1. The summed E-state index contributed by atoms with van der Waals surface area (Å²) >= 11 is 5.79. The van der Waals surface area contributed by atoms with Gasteiger partial charge in [0, 0.05) is 18.6 Å². The van der Waals surface area contributed by atoms with E-state index in [9.17, 15) is 4.79 Å². The zero-order valence-corrected chi connectivity index (χ0v) is 10.2. The summed E-state index contributed by atoms with van der Waals surface area (Å²) in [5.74, 6) is 0.938. The fourth-order valence-corrected chi connectivity index (χ4v) is 1.83. The Hall–Kier alpha value is -1.02. The van der Waals surface area contributed by atoms with E-state index in [4.69, 9.17) is 11.6 Å². The lowest BCUT2D eigenvalue weighted by Gasteiger charge is -2.16. The predicted molar refractivity (Wildman–Crippen MR) is 65.5 cm³/mol. The van der Waals surface area contributed by atoms with Crippen LogP contribution in [-0.2, 0) is 11.2 Å². The van der Waals surface area contributed by atoms with Crippen LogP contribution in [-0.4, -0.2) is 24.4 Å². The molecule has 0 spiro atoms. The van der Waals surface area contributed by atoms with Gasteiger partial charge in [-0.15, -0.1) is 0 Å². The Labute approximate surface area is 101 Å². The van der Waals surface area contributed by atoms with Gasteiger partial charge in [0.1, 0.15) is 0 Å². The van der Waals surface area contributed by atoms with Gasteiger partial charge >= 0.3 is 0 Å². The summed E-state index contributed by atoms with van der Waals surface area (Å²) in [6.07, 6.45) is 3.03. The Morgan fingerprint density at radius 2 is 2.00 bits per heavy atom. The summed E-state index contributed by atoms with van der Waals surface area (Å²) in [5.41, 5.74) is 1.03. The Morgan fingerprint density at radius 3 is 2.56 bits per heavy atom. The van der Waals surface area contributed by atoms with E-state index in [1.165, 1.54) is 12.8 Å². The highest BCUT2D eigenvalue weighted by Crippen LogP contribution is 2.29. The number of halogens is 1. The second-order valence-electron chi connectivity index (χ2n) is 4.52. The third-order valence-corrected chi connectivity index (χ3v) is 3.18. The van der Waals surface area contributed by atoms with Crippen LogP contribution in [0.4, 0.5) is 0 Å². The number of nitrogens with zero attached hydrogens (tertiary/aromatic N) is 1. The van der Waals surface area contributed by atoms with Crippen molar-refractivity contribution in [3.8, 4) is 0 Å². The maximum atomic E-state index is 11.9. The largest absolute Gasteiger partial charge is 0.345 e. The van der Waals surface area contributed by atoms with Gasteiger partial charge < -0.3 is 4.90 Å². The Bertz CT molecular complexity index is 370. The molecule has 1 amide bonds. The molecule has 0 aromatic heterocycles. The van der Waals surface area contributed by atoms with E-state index in [1.54, 1.807) is 0 Å². The molecule has 0 N–H and O–H groups in total. The molecule has 1 saturated carbocycles. The molecule has 0 unspecified atom stereocenters. The summed E-state index contributed by atoms with van der Waals surface area (Å²) in [6.45, 7) is 0.909. The third-order valence-electron chi connectivity index (χ3n) is 2.92. The molecule has 0 radical (unpaired) electrons. The first kappa shape index (κ1) is 11.5. The molecule has 0 atom stereocenters. The molecular formula is C13H16ClNO. The van der Waals surface area contributed by atoms with Gasteiger partial charge in [-0.05, 0) is 36.5 Å². The second kappa shape index (κ2) is 4.88. The van der Waals surface area contributed by atoms with E-state index >= 15 is 0 Å². The first-order valence-corrected chi connectivity index (χ1v) is 6.01. The molecule has 1 aromatic rings. The van der Waals surface area contributed by atoms with Gasteiger partial charge in [0.05, 0.1) is 6.42 Å². The van der Waals surface area contributed by atoms with Crippen molar-refractivity contribution in [3.05, 3.63) is 34.9 Å². The van der Waals surface area contributed by atoms with Gasteiger partial charge in [0.2, 0.25) is 5.91 Å². The third kappa shape index (κ3) is 3.24. The van der Waals surface area contributed by atoms with Crippen LogP contribution >= 0.6 is 11.6 Å². The lowest BCUT2D eigenvalue weighted by molar-refractivity contribution is -0.129. The minimum Gasteiger partial charge on any atom is -0.345 e. The van der Waals surface area contributed by atoms with Crippen LogP contribution in [0.15, 0.2) is 24.3 Å². The van der Waals surface area contributed by atoms with Gasteiger partial charge in [0.25, 0.3) is 0 Å². The van der Waals surface area contributed by atoms with Crippen LogP contribution < -0.4 is 0 Å². The summed E-state index contributed by atoms with van der Waals surface area (Å²) in [7, 11) is 1.89. The number of hydrogen-bond acceptors (Lipinski definition) is 1. The average molecular weight is 238 g/mol. The highest BCUT2D eigenvalue weighted by atomic mass is 35.5. The fourth-order valence-electron chi connectivity index (χ4n) is 1.70. The van der Waals surface area contributed by atoms with E-state index in [-0.39, 0.29) is 5.91 Å². The molecule has 0 heterocycles. The standard InChI is InChI=1S/C13H16ClNO/c1-15(9-11-2-3-11)13(16)8-10-4-6-12(14)7-5-10/h4-7,11H,2-3,8-9H2,1H3. The Kier molecular flexibility index (Phi) is 3.49. The Balaban J connectivity index is 1.87. The summed E-state index contributed by atoms with van der Waals surface area (Å²) in [5, 5.41) is 0.711. The first-order valence-electron chi connectivity index (χ1n) is 5.63. The molecular weight excluding hydrogens is 222 g/mol. The summed E-state index contributed by atoms with van der Waals surface area (Å²) < 4.78 is 0. The minimum atomic E-state index is 0.189. The molecule has 1 aromatic carbocycles. The molecule has 1 aliphatic carbocycles. The molecule has 1 aliphatic rings. The zero-order valence-electron chi connectivity index (χ0n) is 9.45. The number of hydrogen-bond donors (Lipinski definition) is 0. The van der Waals surface area contributed by atoms with Crippen molar-refractivity contribution < 1.29 is 4.79 Å². The highest BCUT2D eigenvalue weighted by molar-refractivity contribution is 6.30. The van der Waals surface area contributed by atoms with Crippen molar-refractivity contribution in [2.45, 2.75) is 19.3 Å². The van der Waals surface area contributed by atoms with Crippen molar-refractivity contribution in [3.63, 3.8) is 0 Å². The number of benzene rings is 1. The summed E-state index contributed by atoms with van der Waals surface area (Å²) in [6, 6.07) is 7.46. The monoisotopic (exact) mass is 237 g/mol. The van der Waals surface area contributed by atoms with Crippen molar-refractivity contribution in [1.29, 1.82) is 0 Å². The normalized spacial score (nSPS) is 14.9. The summed E-state index contributed by atoms with van der Waals surface area (Å²) in [4.78, 5) is 13.7. The van der Waals surface area contributed by atoms with Crippen LogP contribution in [0.5, 0.6) is 0 Å². The zero-order chi connectivity index (χ0) is 11.5.